The van der Waals surface area contributed by atoms with Crippen LogP contribution in [0.2, 0.25) is 0 Å². The summed E-state index contributed by atoms with van der Waals surface area (Å²) in [6, 6.07) is 7.69. The summed E-state index contributed by atoms with van der Waals surface area (Å²) in [4.78, 5) is 22.4. The lowest BCUT2D eigenvalue weighted by Gasteiger charge is -2.06. The van der Waals surface area contributed by atoms with Gasteiger partial charge in [0.25, 0.3) is 0 Å². The van der Waals surface area contributed by atoms with E-state index in [4.69, 9.17) is 5.11 Å². The van der Waals surface area contributed by atoms with Crippen molar-refractivity contribution in [2.45, 2.75) is 18.6 Å². The van der Waals surface area contributed by atoms with Gasteiger partial charge in [0, 0.05) is 18.0 Å². The number of benzene rings is 1. The molecule has 0 spiro atoms. The van der Waals surface area contributed by atoms with Gasteiger partial charge in [-0.3, -0.25) is 9.59 Å². The lowest BCUT2D eigenvalue weighted by atomic mass is 10.1. The Morgan fingerprint density at radius 1 is 1.52 bits per heavy atom. The molecule has 1 aliphatic rings. The predicted molar refractivity (Wildman–Crippen MR) is 95.1 cm³/mol. The normalized spacial score (nSPS) is 18.8. The first-order chi connectivity index (χ1) is 12.0. The first kappa shape index (κ1) is 16.9. The smallest absolute Gasteiger partial charge is 0.305 e. The SMILES string of the molecule is Cc1ccc(-n2cccn2)c(C=NN=C2NC(=O)C(CC(=O)O)S2)c1. The van der Waals surface area contributed by atoms with E-state index in [1.165, 1.54) is 0 Å². The van der Waals surface area contributed by atoms with Gasteiger partial charge in [-0.25, -0.2) is 4.68 Å². The first-order valence-corrected chi connectivity index (χ1v) is 8.32. The fourth-order valence-electron chi connectivity index (χ4n) is 2.29. The molecule has 0 aliphatic carbocycles. The number of carbonyl (C=O) groups is 2. The van der Waals surface area contributed by atoms with Crippen molar-refractivity contribution in [3.8, 4) is 5.69 Å². The minimum atomic E-state index is -1.03. The lowest BCUT2D eigenvalue weighted by Crippen LogP contribution is -2.26. The summed E-state index contributed by atoms with van der Waals surface area (Å²) in [5, 5.41) is 23.1. The largest absolute Gasteiger partial charge is 0.481 e. The van der Waals surface area contributed by atoms with E-state index in [2.05, 4.69) is 20.6 Å². The van der Waals surface area contributed by atoms with E-state index in [0.717, 1.165) is 28.6 Å². The molecule has 1 aliphatic heterocycles. The second-order valence-corrected chi connectivity index (χ2v) is 6.55. The van der Waals surface area contributed by atoms with Gasteiger partial charge in [-0.15, -0.1) is 5.10 Å². The number of aliphatic carboxylic acids is 1. The number of carboxylic acid groups (broad SMARTS) is 1. The van der Waals surface area contributed by atoms with Crippen LogP contribution in [0.15, 0.2) is 46.9 Å². The molecule has 9 heteroatoms. The van der Waals surface area contributed by atoms with E-state index in [0.29, 0.717) is 5.17 Å². The van der Waals surface area contributed by atoms with Crippen LogP contribution in [0.25, 0.3) is 5.69 Å². The Bertz CT molecular complexity index is 861. The highest BCUT2D eigenvalue weighted by atomic mass is 32.2. The van der Waals surface area contributed by atoms with Gasteiger partial charge in [0.05, 0.1) is 18.3 Å². The highest BCUT2D eigenvalue weighted by Gasteiger charge is 2.32. The molecular formula is C16H15N5O3S. The Labute approximate surface area is 147 Å². The molecule has 25 heavy (non-hydrogen) atoms. The maximum absolute atomic E-state index is 11.7. The first-order valence-electron chi connectivity index (χ1n) is 7.44. The third kappa shape index (κ3) is 4.13. The molecule has 8 nitrogen and oxygen atoms in total. The van der Waals surface area contributed by atoms with Crippen LogP contribution in [0.3, 0.4) is 0 Å². The number of rotatable bonds is 5. The summed E-state index contributed by atoms with van der Waals surface area (Å²) in [7, 11) is 0. The molecule has 0 bridgehead atoms. The fraction of sp³-hybridized carbons (Fsp3) is 0.188. The zero-order chi connectivity index (χ0) is 17.8. The zero-order valence-electron chi connectivity index (χ0n) is 13.3. The highest BCUT2D eigenvalue weighted by Crippen LogP contribution is 2.22. The average molecular weight is 357 g/mol. The zero-order valence-corrected chi connectivity index (χ0v) is 14.1. The summed E-state index contributed by atoms with van der Waals surface area (Å²) >= 11 is 1.06. The molecule has 2 heterocycles. The number of aromatic nitrogens is 2. The van der Waals surface area contributed by atoms with Crippen molar-refractivity contribution in [1.29, 1.82) is 0 Å². The maximum atomic E-state index is 11.7. The molecular weight excluding hydrogens is 342 g/mol. The van der Waals surface area contributed by atoms with Crippen LogP contribution in [0.1, 0.15) is 17.5 Å². The van der Waals surface area contributed by atoms with Crippen molar-refractivity contribution < 1.29 is 14.7 Å². The summed E-state index contributed by atoms with van der Waals surface area (Å²) in [5.74, 6) is -1.39. The number of amidine groups is 1. The van der Waals surface area contributed by atoms with Gasteiger partial charge in [-0.05, 0) is 25.1 Å². The predicted octanol–water partition coefficient (Wildman–Crippen LogP) is 1.58. The average Bonchev–Trinajstić information content (AvgIpc) is 3.18. The Morgan fingerprint density at radius 2 is 2.36 bits per heavy atom. The van der Waals surface area contributed by atoms with Crippen LogP contribution in [-0.2, 0) is 9.59 Å². The molecule has 2 aromatic rings. The second-order valence-electron chi connectivity index (χ2n) is 5.36. The van der Waals surface area contributed by atoms with Crippen LogP contribution in [-0.4, -0.2) is 43.4 Å². The van der Waals surface area contributed by atoms with Gasteiger partial charge in [-0.1, -0.05) is 23.4 Å². The van der Waals surface area contributed by atoms with Gasteiger partial charge in [0.1, 0.15) is 5.25 Å². The summed E-state index contributed by atoms with van der Waals surface area (Å²) in [6.07, 6.45) is 4.85. The lowest BCUT2D eigenvalue weighted by molar-refractivity contribution is -0.138. The molecule has 1 aromatic carbocycles. The quantitative estimate of drug-likeness (QED) is 0.624. The van der Waals surface area contributed by atoms with Crippen molar-refractivity contribution in [3.05, 3.63) is 47.8 Å². The Balaban J connectivity index is 1.78. The minimum Gasteiger partial charge on any atom is -0.481 e. The molecule has 3 rings (SSSR count). The van der Waals surface area contributed by atoms with E-state index in [9.17, 15) is 9.59 Å². The number of hydrogen-bond acceptors (Lipinski definition) is 6. The number of thioether (sulfide) groups is 1. The van der Waals surface area contributed by atoms with E-state index < -0.39 is 11.2 Å². The highest BCUT2D eigenvalue weighted by molar-refractivity contribution is 8.15. The standard InChI is InChI=1S/C16H15N5O3S/c1-10-3-4-12(21-6-2-5-18-21)11(7-10)9-17-20-16-19-15(24)13(25-16)8-14(22)23/h2-7,9,13H,8H2,1H3,(H,22,23)(H,19,20,24). The molecule has 0 radical (unpaired) electrons. The van der Waals surface area contributed by atoms with Crippen molar-refractivity contribution in [1.82, 2.24) is 15.1 Å². The molecule has 128 valence electrons. The number of aryl methyl sites for hydroxylation is 1. The monoisotopic (exact) mass is 357 g/mol. The molecule has 1 unspecified atom stereocenters. The van der Waals surface area contributed by atoms with Crippen LogP contribution in [0.5, 0.6) is 0 Å². The van der Waals surface area contributed by atoms with E-state index in [1.807, 2.05) is 37.4 Å². The van der Waals surface area contributed by atoms with Gasteiger partial charge in [0.15, 0.2) is 5.17 Å². The molecule has 1 atom stereocenters. The summed E-state index contributed by atoms with van der Waals surface area (Å²) in [6.45, 7) is 1.97. The minimum absolute atomic E-state index is 0.249. The van der Waals surface area contributed by atoms with Crippen LogP contribution >= 0.6 is 11.8 Å². The summed E-state index contributed by atoms with van der Waals surface area (Å²) in [5.41, 5.74) is 2.74. The number of carbonyl (C=O) groups excluding carboxylic acids is 1. The molecule has 1 fully saturated rings. The molecule has 1 aromatic heterocycles. The van der Waals surface area contributed by atoms with Crippen LogP contribution in [0, 0.1) is 6.92 Å². The Hall–Kier alpha value is -2.94. The number of hydrogen-bond donors (Lipinski definition) is 2. The number of amides is 1. The van der Waals surface area contributed by atoms with Gasteiger partial charge >= 0.3 is 5.97 Å². The van der Waals surface area contributed by atoms with Crippen LogP contribution in [0.4, 0.5) is 0 Å². The van der Waals surface area contributed by atoms with Crippen molar-refractivity contribution >= 4 is 35.0 Å². The molecule has 2 N–H and O–H groups in total. The maximum Gasteiger partial charge on any atom is 0.305 e. The molecule has 0 saturated carbocycles. The van der Waals surface area contributed by atoms with Crippen molar-refractivity contribution in [2.75, 3.05) is 0 Å². The third-order valence-electron chi connectivity index (χ3n) is 3.42. The third-order valence-corrected chi connectivity index (χ3v) is 4.49. The molecule has 1 amide bonds. The number of nitrogens with zero attached hydrogens (tertiary/aromatic N) is 4. The van der Waals surface area contributed by atoms with E-state index in [-0.39, 0.29) is 12.3 Å². The van der Waals surface area contributed by atoms with Crippen molar-refractivity contribution in [3.63, 3.8) is 0 Å². The van der Waals surface area contributed by atoms with Gasteiger partial charge in [-0.2, -0.15) is 10.2 Å². The Kier molecular flexibility index (Phi) is 4.94. The van der Waals surface area contributed by atoms with Gasteiger partial charge < -0.3 is 10.4 Å². The van der Waals surface area contributed by atoms with Gasteiger partial charge in [0.2, 0.25) is 5.91 Å². The number of carboxylic acids is 1. The fourth-order valence-corrected chi connectivity index (χ4v) is 3.20. The second kappa shape index (κ2) is 7.31. The topological polar surface area (TPSA) is 109 Å². The summed E-state index contributed by atoms with van der Waals surface area (Å²) < 4.78 is 1.73. The number of nitrogens with one attached hydrogen (secondary N) is 1. The van der Waals surface area contributed by atoms with E-state index in [1.54, 1.807) is 17.1 Å². The molecule has 1 saturated heterocycles. The van der Waals surface area contributed by atoms with Crippen LogP contribution < -0.4 is 5.32 Å². The Morgan fingerprint density at radius 3 is 3.08 bits per heavy atom. The van der Waals surface area contributed by atoms with Crippen molar-refractivity contribution in [2.24, 2.45) is 10.2 Å². The van der Waals surface area contributed by atoms with E-state index >= 15 is 0 Å².